The topological polar surface area (TPSA) is 58.6 Å². The van der Waals surface area contributed by atoms with E-state index in [-0.39, 0.29) is 18.4 Å². The van der Waals surface area contributed by atoms with Crippen LogP contribution >= 0.6 is 0 Å². The van der Waals surface area contributed by atoms with Crippen molar-refractivity contribution in [1.82, 2.24) is 5.32 Å². The van der Waals surface area contributed by atoms with Gasteiger partial charge in [0.2, 0.25) is 0 Å². The van der Waals surface area contributed by atoms with Gasteiger partial charge >= 0.3 is 0 Å². The normalized spacial score (nSPS) is 24.9. The van der Waals surface area contributed by atoms with E-state index in [1.165, 1.54) is 0 Å². The highest BCUT2D eigenvalue weighted by Gasteiger charge is 2.28. The Kier molecular flexibility index (Phi) is 4.25. The third kappa shape index (κ3) is 3.36. The van der Waals surface area contributed by atoms with Crippen molar-refractivity contribution in [2.45, 2.75) is 25.2 Å². The molecule has 1 heterocycles. The lowest BCUT2D eigenvalue weighted by molar-refractivity contribution is -0.134. The summed E-state index contributed by atoms with van der Waals surface area (Å²) in [5.74, 6) is 0.0683. The van der Waals surface area contributed by atoms with Gasteiger partial charge in [-0.1, -0.05) is 30.3 Å². The summed E-state index contributed by atoms with van der Waals surface area (Å²) in [6, 6.07) is 9.67. The van der Waals surface area contributed by atoms with Crippen molar-refractivity contribution >= 4 is 5.78 Å². The van der Waals surface area contributed by atoms with Crippen molar-refractivity contribution < 1.29 is 14.6 Å². The second-order valence-corrected chi connectivity index (χ2v) is 4.24. The van der Waals surface area contributed by atoms with Crippen molar-refractivity contribution in [1.29, 1.82) is 0 Å². The molecular formula is C13H17NO3. The molecule has 0 aliphatic carbocycles. The van der Waals surface area contributed by atoms with Crippen molar-refractivity contribution in [2.24, 2.45) is 0 Å². The van der Waals surface area contributed by atoms with Crippen molar-refractivity contribution in [2.75, 3.05) is 13.2 Å². The number of carbonyl (C=O) groups excluding carboxylic acids is 1. The van der Waals surface area contributed by atoms with Crippen LogP contribution in [-0.2, 0) is 16.1 Å². The maximum absolute atomic E-state index is 11.7. The number of carbonyl (C=O) groups is 1. The van der Waals surface area contributed by atoms with Crippen LogP contribution in [0.5, 0.6) is 0 Å². The van der Waals surface area contributed by atoms with Crippen LogP contribution in [-0.4, -0.2) is 36.2 Å². The van der Waals surface area contributed by atoms with Gasteiger partial charge in [-0.05, 0) is 5.56 Å². The minimum absolute atomic E-state index is 0.00283. The number of hydrogen-bond acceptors (Lipinski definition) is 4. The minimum atomic E-state index is -0.391. The average molecular weight is 235 g/mol. The van der Waals surface area contributed by atoms with Crippen LogP contribution in [0.25, 0.3) is 0 Å². The Morgan fingerprint density at radius 1 is 1.35 bits per heavy atom. The molecule has 1 aliphatic rings. The number of ketones is 1. The molecule has 17 heavy (non-hydrogen) atoms. The predicted octanol–water partition coefficient (Wildman–Crippen LogP) is 0.495. The maximum Gasteiger partial charge on any atom is 0.164 e. The van der Waals surface area contributed by atoms with E-state index in [2.05, 4.69) is 5.32 Å². The summed E-state index contributed by atoms with van der Waals surface area (Å²) in [6.45, 7) is 0.927. The zero-order valence-corrected chi connectivity index (χ0v) is 9.63. The van der Waals surface area contributed by atoms with E-state index < -0.39 is 6.10 Å². The van der Waals surface area contributed by atoms with Crippen molar-refractivity contribution in [3.8, 4) is 0 Å². The molecule has 4 nitrogen and oxygen atoms in total. The van der Waals surface area contributed by atoms with E-state index in [1.54, 1.807) is 0 Å². The Labute approximate surface area is 101 Å². The van der Waals surface area contributed by atoms with Crippen LogP contribution < -0.4 is 5.32 Å². The number of Topliss-reactive ketones (excluding diaryl/α,β-unsaturated/α-hetero) is 1. The number of aliphatic hydroxyl groups excluding tert-OH is 1. The van der Waals surface area contributed by atoms with Crippen LogP contribution in [0.1, 0.15) is 12.0 Å². The molecule has 2 rings (SSSR count). The van der Waals surface area contributed by atoms with E-state index in [1.807, 2.05) is 30.3 Å². The molecule has 4 heteroatoms. The summed E-state index contributed by atoms with van der Waals surface area (Å²) < 4.78 is 5.58. The number of rotatable bonds is 4. The highest BCUT2D eigenvalue weighted by Crippen LogP contribution is 2.10. The highest BCUT2D eigenvalue weighted by molar-refractivity contribution is 5.84. The molecule has 0 radical (unpaired) electrons. The minimum Gasteiger partial charge on any atom is -0.395 e. The number of nitrogens with one attached hydrogen (secondary N) is 1. The average Bonchev–Trinajstić information content (AvgIpc) is 2.38. The van der Waals surface area contributed by atoms with Crippen molar-refractivity contribution in [3.05, 3.63) is 35.9 Å². The third-order valence-corrected chi connectivity index (χ3v) is 2.91. The number of piperidine rings is 1. The first-order valence-corrected chi connectivity index (χ1v) is 5.82. The molecule has 92 valence electrons. The zero-order valence-electron chi connectivity index (χ0n) is 9.63. The summed E-state index contributed by atoms with van der Waals surface area (Å²) in [5.41, 5.74) is 1.06. The van der Waals surface area contributed by atoms with E-state index in [9.17, 15) is 4.79 Å². The third-order valence-electron chi connectivity index (χ3n) is 2.91. The lowest BCUT2D eigenvalue weighted by Crippen LogP contribution is -2.49. The van der Waals surface area contributed by atoms with Crippen LogP contribution in [0.15, 0.2) is 30.3 Å². The molecular weight excluding hydrogens is 218 g/mol. The molecule has 2 N–H and O–H groups in total. The molecule has 0 bridgehead atoms. The fourth-order valence-electron chi connectivity index (χ4n) is 1.89. The fraction of sp³-hybridized carbons (Fsp3) is 0.462. The fourth-order valence-corrected chi connectivity index (χ4v) is 1.89. The quantitative estimate of drug-likeness (QED) is 0.797. The van der Waals surface area contributed by atoms with Gasteiger partial charge in [-0.15, -0.1) is 0 Å². The molecule has 2 unspecified atom stereocenters. The molecule has 1 fully saturated rings. The maximum atomic E-state index is 11.7. The summed E-state index contributed by atoms with van der Waals surface area (Å²) in [4.78, 5) is 11.7. The molecule has 1 aliphatic heterocycles. The first-order chi connectivity index (χ1) is 8.29. The van der Waals surface area contributed by atoms with Gasteiger partial charge < -0.3 is 15.2 Å². The lowest BCUT2D eigenvalue weighted by atomic mass is 10.0. The smallest absolute Gasteiger partial charge is 0.164 e. The predicted molar refractivity (Wildman–Crippen MR) is 63.5 cm³/mol. The highest BCUT2D eigenvalue weighted by atomic mass is 16.5. The molecule has 1 aromatic carbocycles. The molecule has 2 atom stereocenters. The van der Waals surface area contributed by atoms with Crippen LogP contribution in [0.4, 0.5) is 0 Å². The van der Waals surface area contributed by atoms with Gasteiger partial charge in [-0.25, -0.2) is 0 Å². The van der Waals surface area contributed by atoms with Gasteiger partial charge in [-0.2, -0.15) is 0 Å². The van der Waals surface area contributed by atoms with E-state index in [0.29, 0.717) is 19.6 Å². The number of aliphatic hydroxyl groups is 1. The molecule has 0 amide bonds. The zero-order chi connectivity index (χ0) is 12.1. The Balaban J connectivity index is 1.82. The standard InChI is InChI=1S/C13H17NO3/c15-8-11-6-12(16)13(7-14-11)17-9-10-4-2-1-3-5-10/h1-5,11,13-15H,6-9H2. The number of ether oxygens (including phenoxy) is 1. The summed E-state index contributed by atoms with van der Waals surface area (Å²) >= 11 is 0. The van der Waals surface area contributed by atoms with E-state index in [4.69, 9.17) is 9.84 Å². The molecule has 0 aromatic heterocycles. The van der Waals surface area contributed by atoms with E-state index >= 15 is 0 Å². The summed E-state index contributed by atoms with van der Waals surface area (Å²) in [6.07, 6.45) is -0.0475. The first kappa shape index (κ1) is 12.2. The second kappa shape index (κ2) is 5.91. The molecule has 0 spiro atoms. The lowest BCUT2D eigenvalue weighted by Gasteiger charge is -2.27. The van der Waals surface area contributed by atoms with Crippen molar-refractivity contribution in [3.63, 3.8) is 0 Å². The number of hydrogen-bond donors (Lipinski definition) is 2. The molecule has 1 aromatic rings. The summed E-state index contributed by atoms with van der Waals surface area (Å²) in [5, 5.41) is 12.0. The molecule has 1 saturated heterocycles. The largest absolute Gasteiger partial charge is 0.395 e. The van der Waals surface area contributed by atoms with Gasteiger partial charge in [0, 0.05) is 19.0 Å². The van der Waals surface area contributed by atoms with Gasteiger partial charge in [-0.3, -0.25) is 4.79 Å². The molecule has 0 saturated carbocycles. The Morgan fingerprint density at radius 3 is 2.76 bits per heavy atom. The second-order valence-electron chi connectivity index (χ2n) is 4.24. The van der Waals surface area contributed by atoms with Gasteiger partial charge in [0.15, 0.2) is 5.78 Å². The monoisotopic (exact) mass is 235 g/mol. The SMILES string of the molecule is O=C1CC(CO)NCC1OCc1ccccc1. The van der Waals surface area contributed by atoms with Gasteiger partial charge in [0.05, 0.1) is 13.2 Å². The van der Waals surface area contributed by atoms with Gasteiger partial charge in [0.1, 0.15) is 6.10 Å². The van der Waals surface area contributed by atoms with Crippen LogP contribution in [0, 0.1) is 0 Å². The van der Waals surface area contributed by atoms with Crippen LogP contribution in [0.3, 0.4) is 0 Å². The van der Waals surface area contributed by atoms with Gasteiger partial charge in [0.25, 0.3) is 0 Å². The Morgan fingerprint density at radius 2 is 2.12 bits per heavy atom. The first-order valence-electron chi connectivity index (χ1n) is 5.82. The summed E-state index contributed by atoms with van der Waals surface area (Å²) in [7, 11) is 0. The Bertz CT molecular complexity index is 366. The Hall–Kier alpha value is -1.23. The van der Waals surface area contributed by atoms with E-state index in [0.717, 1.165) is 5.56 Å². The number of benzene rings is 1. The van der Waals surface area contributed by atoms with Crippen LogP contribution in [0.2, 0.25) is 0 Å².